The second-order valence-corrected chi connectivity index (χ2v) is 3.42. The number of hydrogen-bond donors (Lipinski definition) is 1. The fourth-order valence-electron chi connectivity index (χ4n) is 1.46. The smallest absolute Gasteiger partial charge is 0.218 e. The predicted molar refractivity (Wildman–Crippen MR) is 64.8 cm³/mol. The lowest BCUT2D eigenvalue weighted by molar-refractivity contribution is 0.355. The van der Waals surface area contributed by atoms with Crippen LogP contribution in [0.15, 0.2) is 30.6 Å². The van der Waals surface area contributed by atoms with Gasteiger partial charge in [0.1, 0.15) is 12.1 Å². The number of benzene rings is 1. The van der Waals surface area contributed by atoms with Gasteiger partial charge in [0.2, 0.25) is 5.95 Å². The van der Waals surface area contributed by atoms with Crippen LogP contribution in [0.2, 0.25) is 0 Å². The highest BCUT2D eigenvalue weighted by Gasteiger charge is 2.05. The number of hydrogen-bond acceptors (Lipinski definition) is 5. The van der Waals surface area contributed by atoms with Gasteiger partial charge in [-0.2, -0.15) is 4.39 Å². The summed E-state index contributed by atoms with van der Waals surface area (Å²) in [6, 6.07) is 6.47. The zero-order valence-corrected chi connectivity index (χ0v) is 9.98. The molecule has 0 aliphatic heterocycles. The van der Waals surface area contributed by atoms with Crippen LogP contribution in [-0.4, -0.2) is 24.2 Å². The first-order chi connectivity index (χ1) is 8.72. The minimum atomic E-state index is -0.590. The molecule has 1 heterocycles. The lowest BCUT2D eigenvalue weighted by atomic mass is 10.2. The van der Waals surface area contributed by atoms with Crippen molar-refractivity contribution >= 4 is 11.5 Å². The molecule has 0 bridgehead atoms. The fraction of sp³-hybridized carbons (Fsp3) is 0.167. The van der Waals surface area contributed by atoms with Crippen LogP contribution in [0.1, 0.15) is 0 Å². The van der Waals surface area contributed by atoms with Crippen LogP contribution in [0, 0.1) is 5.95 Å². The van der Waals surface area contributed by atoms with Crippen molar-refractivity contribution in [2.24, 2.45) is 0 Å². The average Bonchev–Trinajstić information content (AvgIpc) is 2.38. The number of halogens is 1. The highest BCUT2D eigenvalue weighted by Crippen LogP contribution is 2.30. The minimum absolute atomic E-state index is 0.370. The SMILES string of the molecule is COc1ccc(Nc2cc(F)ncn2)cc1OC. The molecule has 6 heteroatoms. The number of rotatable bonds is 4. The summed E-state index contributed by atoms with van der Waals surface area (Å²) in [5.41, 5.74) is 0.714. The first kappa shape index (κ1) is 12.1. The average molecular weight is 249 g/mol. The Balaban J connectivity index is 2.24. The topological polar surface area (TPSA) is 56.3 Å². The van der Waals surface area contributed by atoms with Gasteiger partial charge in [0, 0.05) is 17.8 Å². The van der Waals surface area contributed by atoms with E-state index in [1.807, 2.05) is 0 Å². The van der Waals surface area contributed by atoms with Crippen molar-refractivity contribution in [3.05, 3.63) is 36.5 Å². The molecule has 0 amide bonds. The van der Waals surface area contributed by atoms with Crippen LogP contribution in [0.4, 0.5) is 15.9 Å². The molecule has 94 valence electrons. The highest BCUT2D eigenvalue weighted by atomic mass is 19.1. The third kappa shape index (κ3) is 2.65. The summed E-state index contributed by atoms with van der Waals surface area (Å²) in [6.07, 6.45) is 1.15. The van der Waals surface area contributed by atoms with E-state index >= 15 is 0 Å². The van der Waals surface area contributed by atoms with Gasteiger partial charge < -0.3 is 14.8 Å². The van der Waals surface area contributed by atoms with E-state index in [2.05, 4.69) is 15.3 Å². The molecule has 0 atom stereocenters. The zero-order valence-electron chi connectivity index (χ0n) is 9.98. The van der Waals surface area contributed by atoms with Crippen molar-refractivity contribution in [3.63, 3.8) is 0 Å². The van der Waals surface area contributed by atoms with Gasteiger partial charge in [-0.1, -0.05) is 0 Å². The van der Waals surface area contributed by atoms with Crippen LogP contribution in [-0.2, 0) is 0 Å². The summed E-state index contributed by atoms with van der Waals surface area (Å²) in [5, 5.41) is 2.94. The van der Waals surface area contributed by atoms with Crippen LogP contribution in [0.3, 0.4) is 0 Å². The van der Waals surface area contributed by atoms with E-state index in [1.165, 1.54) is 6.07 Å². The van der Waals surface area contributed by atoms with E-state index in [0.717, 1.165) is 6.33 Å². The number of aromatic nitrogens is 2. The Labute approximate surface area is 104 Å². The van der Waals surface area contributed by atoms with E-state index < -0.39 is 5.95 Å². The van der Waals surface area contributed by atoms with Gasteiger partial charge in [0.15, 0.2) is 11.5 Å². The molecule has 2 aromatic rings. The van der Waals surface area contributed by atoms with Crippen molar-refractivity contribution in [3.8, 4) is 11.5 Å². The molecule has 2 rings (SSSR count). The van der Waals surface area contributed by atoms with E-state index in [1.54, 1.807) is 32.4 Å². The summed E-state index contributed by atoms with van der Waals surface area (Å²) in [6.45, 7) is 0. The summed E-state index contributed by atoms with van der Waals surface area (Å²) in [5.74, 6) is 0.983. The summed E-state index contributed by atoms with van der Waals surface area (Å²) in [7, 11) is 3.11. The number of anilines is 2. The zero-order chi connectivity index (χ0) is 13.0. The van der Waals surface area contributed by atoms with Crippen molar-refractivity contribution in [1.29, 1.82) is 0 Å². The van der Waals surface area contributed by atoms with Gasteiger partial charge in [-0.3, -0.25) is 0 Å². The number of nitrogens with zero attached hydrogens (tertiary/aromatic N) is 2. The second-order valence-electron chi connectivity index (χ2n) is 3.42. The normalized spacial score (nSPS) is 9.94. The molecular weight excluding hydrogens is 237 g/mol. The van der Waals surface area contributed by atoms with Crippen molar-refractivity contribution in [2.75, 3.05) is 19.5 Å². The molecule has 5 nitrogen and oxygen atoms in total. The molecule has 0 aliphatic carbocycles. The molecule has 18 heavy (non-hydrogen) atoms. The Bertz CT molecular complexity index is 549. The van der Waals surface area contributed by atoms with Gasteiger partial charge in [-0.15, -0.1) is 0 Å². The second kappa shape index (κ2) is 5.31. The maximum atomic E-state index is 12.9. The molecule has 0 fully saturated rings. The molecule has 0 radical (unpaired) electrons. The van der Waals surface area contributed by atoms with E-state index in [-0.39, 0.29) is 0 Å². The van der Waals surface area contributed by atoms with Crippen LogP contribution < -0.4 is 14.8 Å². The quantitative estimate of drug-likeness (QED) is 0.843. The van der Waals surface area contributed by atoms with Crippen molar-refractivity contribution in [1.82, 2.24) is 9.97 Å². The van der Waals surface area contributed by atoms with Crippen LogP contribution >= 0.6 is 0 Å². The first-order valence-electron chi connectivity index (χ1n) is 5.19. The lowest BCUT2D eigenvalue weighted by Crippen LogP contribution is -1.97. The highest BCUT2D eigenvalue weighted by molar-refractivity contribution is 5.61. The number of methoxy groups -OCH3 is 2. The largest absolute Gasteiger partial charge is 0.493 e. The third-order valence-corrected chi connectivity index (χ3v) is 2.29. The van der Waals surface area contributed by atoms with Crippen LogP contribution in [0.5, 0.6) is 11.5 Å². The lowest BCUT2D eigenvalue weighted by Gasteiger charge is -2.10. The van der Waals surface area contributed by atoms with Gasteiger partial charge in [0.05, 0.1) is 14.2 Å². The molecular formula is C12H12FN3O2. The van der Waals surface area contributed by atoms with Crippen molar-refractivity contribution in [2.45, 2.75) is 0 Å². The Morgan fingerprint density at radius 1 is 1.06 bits per heavy atom. The molecule has 0 saturated carbocycles. The van der Waals surface area contributed by atoms with Gasteiger partial charge in [-0.25, -0.2) is 9.97 Å². The summed E-state index contributed by atoms with van der Waals surface area (Å²) in [4.78, 5) is 7.28. The van der Waals surface area contributed by atoms with E-state index in [4.69, 9.17) is 9.47 Å². The first-order valence-corrected chi connectivity index (χ1v) is 5.19. The Kier molecular flexibility index (Phi) is 3.57. The minimum Gasteiger partial charge on any atom is -0.493 e. The molecule has 1 N–H and O–H groups in total. The maximum absolute atomic E-state index is 12.9. The Morgan fingerprint density at radius 2 is 1.83 bits per heavy atom. The number of ether oxygens (including phenoxy) is 2. The van der Waals surface area contributed by atoms with E-state index in [9.17, 15) is 4.39 Å². The monoisotopic (exact) mass is 249 g/mol. The third-order valence-electron chi connectivity index (χ3n) is 2.29. The van der Waals surface area contributed by atoms with Crippen LogP contribution in [0.25, 0.3) is 0 Å². The molecule has 0 saturated heterocycles. The standard InChI is InChI=1S/C12H12FN3O2/c1-17-9-4-3-8(5-10(9)18-2)16-12-6-11(13)14-7-15-12/h3-7H,1-2H3,(H,14,15,16). The number of nitrogens with one attached hydrogen (secondary N) is 1. The summed E-state index contributed by atoms with van der Waals surface area (Å²) >= 11 is 0. The molecule has 1 aromatic carbocycles. The molecule has 1 aromatic heterocycles. The van der Waals surface area contributed by atoms with Gasteiger partial charge in [0.25, 0.3) is 0 Å². The molecule has 0 aliphatic rings. The summed E-state index contributed by atoms with van der Waals surface area (Å²) < 4.78 is 23.2. The Hall–Kier alpha value is -2.37. The Morgan fingerprint density at radius 3 is 2.50 bits per heavy atom. The van der Waals surface area contributed by atoms with Gasteiger partial charge in [-0.05, 0) is 12.1 Å². The maximum Gasteiger partial charge on any atom is 0.218 e. The molecule has 0 spiro atoms. The fourth-order valence-corrected chi connectivity index (χ4v) is 1.46. The van der Waals surface area contributed by atoms with Gasteiger partial charge >= 0.3 is 0 Å². The van der Waals surface area contributed by atoms with E-state index in [0.29, 0.717) is 23.0 Å². The molecule has 0 unspecified atom stereocenters. The van der Waals surface area contributed by atoms with Crippen molar-refractivity contribution < 1.29 is 13.9 Å². The predicted octanol–water partition coefficient (Wildman–Crippen LogP) is 2.38.